The van der Waals surface area contributed by atoms with Crippen LogP contribution in [0.2, 0.25) is 0 Å². The number of carbonyl (C=O) groups excluding carboxylic acids is 1. The van der Waals surface area contributed by atoms with Crippen LogP contribution in [0.3, 0.4) is 0 Å². The first-order chi connectivity index (χ1) is 8.79. The lowest BCUT2D eigenvalue weighted by Crippen LogP contribution is -2.35. The van der Waals surface area contributed by atoms with Crippen molar-refractivity contribution in [3.63, 3.8) is 0 Å². The average molecular weight is 303 g/mol. The lowest BCUT2D eigenvalue weighted by atomic mass is 9.81. The summed E-state index contributed by atoms with van der Waals surface area (Å²) < 4.78 is 0. The number of hydrogen-bond acceptors (Lipinski definition) is 3. The second kappa shape index (κ2) is 8.56. The van der Waals surface area contributed by atoms with Gasteiger partial charge >= 0.3 is 0 Å². The van der Waals surface area contributed by atoms with Crippen molar-refractivity contribution in [1.82, 2.24) is 5.32 Å². The van der Waals surface area contributed by atoms with Gasteiger partial charge in [0, 0.05) is 17.3 Å². The summed E-state index contributed by atoms with van der Waals surface area (Å²) >= 11 is 1.75. The Morgan fingerprint density at radius 3 is 2.68 bits per heavy atom. The van der Waals surface area contributed by atoms with Gasteiger partial charge in [-0.2, -0.15) is 0 Å². The zero-order valence-electron chi connectivity index (χ0n) is 11.1. The molecule has 0 saturated heterocycles. The van der Waals surface area contributed by atoms with E-state index in [4.69, 9.17) is 5.73 Å². The normalized spacial score (nSPS) is 22.6. The van der Waals surface area contributed by atoms with Crippen molar-refractivity contribution >= 4 is 29.7 Å². The van der Waals surface area contributed by atoms with Crippen LogP contribution in [0, 0.1) is 11.8 Å². The highest BCUT2D eigenvalue weighted by Gasteiger charge is 2.25. The summed E-state index contributed by atoms with van der Waals surface area (Å²) in [5.74, 6) is 1.10. The van der Waals surface area contributed by atoms with E-state index in [2.05, 4.69) is 22.8 Å². The molecule has 0 unspecified atom stereocenters. The van der Waals surface area contributed by atoms with Crippen LogP contribution in [0.25, 0.3) is 0 Å². The summed E-state index contributed by atoms with van der Waals surface area (Å²) in [6, 6.07) is 4.17. The molecule has 0 bridgehead atoms. The summed E-state index contributed by atoms with van der Waals surface area (Å²) in [6.07, 6.45) is 5.18. The van der Waals surface area contributed by atoms with Crippen molar-refractivity contribution in [2.24, 2.45) is 17.6 Å². The van der Waals surface area contributed by atoms with Crippen molar-refractivity contribution < 1.29 is 4.79 Å². The highest BCUT2D eigenvalue weighted by atomic mass is 35.5. The van der Waals surface area contributed by atoms with Crippen molar-refractivity contribution in [2.45, 2.75) is 32.1 Å². The molecular formula is C14H23ClN2OS. The fraction of sp³-hybridized carbons (Fsp3) is 0.643. The average Bonchev–Trinajstić information content (AvgIpc) is 2.92. The van der Waals surface area contributed by atoms with E-state index < -0.39 is 0 Å². The van der Waals surface area contributed by atoms with Gasteiger partial charge in [0.1, 0.15) is 0 Å². The molecule has 1 aliphatic carbocycles. The molecule has 5 heteroatoms. The Kier molecular flexibility index (Phi) is 7.42. The minimum absolute atomic E-state index is 0. The molecular weight excluding hydrogens is 280 g/mol. The summed E-state index contributed by atoms with van der Waals surface area (Å²) in [7, 11) is 0. The Morgan fingerprint density at radius 2 is 2.11 bits per heavy atom. The van der Waals surface area contributed by atoms with Gasteiger partial charge in [-0.05, 0) is 56.0 Å². The maximum absolute atomic E-state index is 12.0. The molecule has 0 atom stereocenters. The predicted octanol–water partition coefficient (Wildman–Crippen LogP) is 2.59. The first-order valence-corrected chi connectivity index (χ1v) is 7.67. The van der Waals surface area contributed by atoms with Crippen molar-refractivity contribution in [2.75, 3.05) is 13.1 Å². The molecule has 1 aromatic rings. The molecule has 3 N–H and O–H groups in total. The monoisotopic (exact) mass is 302 g/mol. The van der Waals surface area contributed by atoms with E-state index in [0.717, 1.165) is 45.2 Å². The van der Waals surface area contributed by atoms with Crippen LogP contribution < -0.4 is 11.1 Å². The molecule has 1 fully saturated rings. The van der Waals surface area contributed by atoms with Crippen LogP contribution in [0.5, 0.6) is 0 Å². The van der Waals surface area contributed by atoms with Gasteiger partial charge in [-0.3, -0.25) is 4.79 Å². The van der Waals surface area contributed by atoms with Crippen LogP contribution in [0.4, 0.5) is 0 Å². The zero-order valence-corrected chi connectivity index (χ0v) is 12.8. The molecule has 1 saturated carbocycles. The highest BCUT2D eigenvalue weighted by molar-refractivity contribution is 7.09. The van der Waals surface area contributed by atoms with Gasteiger partial charge in [-0.15, -0.1) is 23.7 Å². The molecule has 3 nitrogen and oxygen atoms in total. The van der Waals surface area contributed by atoms with E-state index >= 15 is 0 Å². The van der Waals surface area contributed by atoms with Gasteiger partial charge in [-0.1, -0.05) is 6.07 Å². The van der Waals surface area contributed by atoms with Crippen LogP contribution >= 0.6 is 23.7 Å². The van der Waals surface area contributed by atoms with Crippen molar-refractivity contribution in [1.29, 1.82) is 0 Å². The highest BCUT2D eigenvalue weighted by Crippen LogP contribution is 2.28. The first kappa shape index (κ1) is 16.5. The topological polar surface area (TPSA) is 55.1 Å². The van der Waals surface area contributed by atoms with Crippen LogP contribution in [0.1, 0.15) is 30.6 Å². The van der Waals surface area contributed by atoms with Crippen molar-refractivity contribution in [3.8, 4) is 0 Å². The van der Waals surface area contributed by atoms with Crippen LogP contribution in [0.15, 0.2) is 17.5 Å². The molecule has 0 radical (unpaired) electrons. The maximum atomic E-state index is 12.0. The third-order valence-corrected chi connectivity index (χ3v) is 4.74. The summed E-state index contributed by atoms with van der Waals surface area (Å²) in [4.78, 5) is 13.3. The van der Waals surface area contributed by atoms with Gasteiger partial charge in [-0.25, -0.2) is 0 Å². The Balaban J connectivity index is 0.00000180. The molecule has 1 aliphatic rings. The van der Waals surface area contributed by atoms with Crippen LogP contribution in [-0.4, -0.2) is 19.0 Å². The largest absolute Gasteiger partial charge is 0.356 e. The van der Waals surface area contributed by atoms with Crippen LogP contribution in [-0.2, 0) is 11.2 Å². The Morgan fingerprint density at radius 1 is 1.37 bits per heavy atom. The number of carbonyl (C=O) groups is 1. The Hall–Kier alpha value is -0.580. The zero-order chi connectivity index (χ0) is 12.8. The summed E-state index contributed by atoms with van der Waals surface area (Å²) in [5, 5.41) is 5.13. The van der Waals surface area contributed by atoms with E-state index in [0.29, 0.717) is 5.92 Å². The molecule has 0 aliphatic heterocycles. The number of thiophene rings is 1. The Labute approximate surface area is 125 Å². The SMILES string of the molecule is Cl.NCC1CCC(C(=O)NCCc2cccs2)CC1. The second-order valence-corrected chi connectivity index (χ2v) is 6.11. The summed E-state index contributed by atoms with van der Waals surface area (Å²) in [6.45, 7) is 1.53. The fourth-order valence-electron chi connectivity index (χ4n) is 2.57. The number of amides is 1. The third-order valence-electron chi connectivity index (χ3n) is 3.80. The van der Waals surface area contributed by atoms with Gasteiger partial charge in [0.25, 0.3) is 0 Å². The molecule has 0 spiro atoms. The molecule has 0 aromatic carbocycles. The first-order valence-electron chi connectivity index (χ1n) is 6.79. The summed E-state index contributed by atoms with van der Waals surface area (Å²) in [5.41, 5.74) is 5.66. The number of nitrogens with two attached hydrogens (primary N) is 1. The van der Waals surface area contributed by atoms with Gasteiger partial charge < -0.3 is 11.1 Å². The number of nitrogens with one attached hydrogen (secondary N) is 1. The number of hydrogen-bond donors (Lipinski definition) is 2. The van der Waals surface area contributed by atoms with E-state index in [9.17, 15) is 4.79 Å². The minimum Gasteiger partial charge on any atom is -0.356 e. The second-order valence-electron chi connectivity index (χ2n) is 5.07. The third kappa shape index (κ3) is 5.13. The van der Waals surface area contributed by atoms with E-state index in [-0.39, 0.29) is 24.2 Å². The standard InChI is InChI=1S/C14H22N2OS.ClH/c15-10-11-3-5-12(6-4-11)14(17)16-8-7-13-2-1-9-18-13;/h1-2,9,11-12H,3-8,10,15H2,(H,16,17);1H. The van der Waals surface area contributed by atoms with Gasteiger partial charge in [0.05, 0.1) is 0 Å². The van der Waals surface area contributed by atoms with Gasteiger partial charge in [0.15, 0.2) is 0 Å². The number of rotatable bonds is 5. The fourth-order valence-corrected chi connectivity index (χ4v) is 3.28. The minimum atomic E-state index is 0. The molecule has 108 valence electrons. The smallest absolute Gasteiger partial charge is 0.223 e. The lowest BCUT2D eigenvalue weighted by Gasteiger charge is -2.26. The van der Waals surface area contributed by atoms with E-state index in [1.54, 1.807) is 11.3 Å². The molecule has 2 rings (SSSR count). The predicted molar refractivity (Wildman–Crippen MR) is 82.8 cm³/mol. The van der Waals surface area contributed by atoms with E-state index in [1.807, 2.05) is 0 Å². The maximum Gasteiger partial charge on any atom is 0.223 e. The van der Waals surface area contributed by atoms with E-state index in [1.165, 1.54) is 4.88 Å². The molecule has 1 amide bonds. The van der Waals surface area contributed by atoms with Crippen molar-refractivity contribution in [3.05, 3.63) is 22.4 Å². The molecule has 19 heavy (non-hydrogen) atoms. The van der Waals surface area contributed by atoms with Gasteiger partial charge in [0.2, 0.25) is 5.91 Å². The Bertz CT molecular complexity index is 362. The lowest BCUT2D eigenvalue weighted by molar-refractivity contribution is -0.126. The quantitative estimate of drug-likeness (QED) is 0.878. The molecule has 1 aromatic heterocycles. The number of halogens is 1. The molecule has 1 heterocycles.